The first kappa shape index (κ1) is 16.3. The van der Waals surface area contributed by atoms with Gasteiger partial charge in [0.25, 0.3) is 0 Å². The molecule has 0 bridgehead atoms. The summed E-state index contributed by atoms with van der Waals surface area (Å²) >= 11 is 7.28. The molecule has 1 atom stereocenters. The first-order valence-electron chi connectivity index (χ1n) is 6.29. The molecule has 0 spiro atoms. The predicted octanol–water partition coefficient (Wildman–Crippen LogP) is 3.10. The lowest BCUT2D eigenvalue weighted by molar-refractivity contribution is -0.120. The lowest BCUT2D eigenvalue weighted by atomic mass is 9.95. The largest absolute Gasteiger partial charge is 0.396 e. The third-order valence-corrected chi connectivity index (χ3v) is 4.33. The molecule has 0 saturated heterocycles. The van der Waals surface area contributed by atoms with Crippen LogP contribution in [0, 0.1) is 0 Å². The molecule has 5 heteroatoms. The first-order chi connectivity index (χ1) is 8.99. The van der Waals surface area contributed by atoms with E-state index < -0.39 is 0 Å². The van der Waals surface area contributed by atoms with Gasteiger partial charge in [-0.25, -0.2) is 0 Å². The molecule has 1 amide bonds. The van der Waals surface area contributed by atoms with E-state index in [9.17, 15) is 4.79 Å². The summed E-state index contributed by atoms with van der Waals surface area (Å²) in [5, 5.41) is 12.7. The van der Waals surface area contributed by atoms with E-state index in [0.29, 0.717) is 17.2 Å². The first-order valence-corrected chi connectivity index (χ1v) is 7.65. The number of aliphatic hydroxyl groups is 1. The summed E-state index contributed by atoms with van der Waals surface area (Å²) in [7, 11) is 0. The van der Waals surface area contributed by atoms with Crippen molar-refractivity contribution in [2.45, 2.75) is 37.1 Å². The number of hydrogen-bond acceptors (Lipinski definition) is 3. The molecule has 1 unspecified atom stereocenters. The van der Waals surface area contributed by atoms with Crippen LogP contribution in [-0.4, -0.2) is 28.9 Å². The van der Waals surface area contributed by atoms with Gasteiger partial charge >= 0.3 is 0 Å². The van der Waals surface area contributed by atoms with Crippen LogP contribution in [0.5, 0.6) is 0 Å². The lowest BCUT2D eigenvalue weighted by Crippen LogP contribution is -2.46. The fraction of sp³-hybridized carbons (Fsp3) is 0.500. The third-order valence-electron chi connectivity index (χ3n) is 3.07. The maximum Gasteiger partial charge on any atom is 0.230 e. The molecule has 0 saturated carbocycles. The minimum atomic E-state index is -0.327. The van der Waals surface area contributed by atoms with Gasteiger partial charge in [-0.1, -0.05) is 18.5 Å². The Morgan fingerprint density at radius 2 is 2.05 bits per heavy atom. The summed E-state index contributed by atoms with van der Waals surface area (Å²) in [6.07, 6.45) is 1.37. The van der Waals surface area contributed by atoms with Crippen LogP contribution in [0.15, 0.2) is 29.2 Å². The summed E-state index contributed by atoms with van der Waals surface area (Å²) in [6, 6.07) is 7.41. The molecule has 106 valence electrons. The Kier molecular flexibility index (Phi) is 6.69. The van der Waals surface area contributed by atoms with Gasteiger partial charge in [-0.2, -0.15) is 0 Å². The Morgan fingerprint density at radius 3 is 2.58 bits per heavy atom. The summed E-state index contributed by atoms with van der Waals surface area (Å²) < 4.78 is 0. The van der Waals surface area contributed by atoms with Gasteiger partial charge in [0.1, 0.15) is 0 Å². The molecule has 0 fully saturated rings. The molecule has 0 aliphatic rings. The van der Waals surface area contributed by atoms with Gasteiger partial charge in [0.05, 0.1) is 5.75 Å². The lowest BCUT2D eigenvalue weighted by Gasteiger charge is -2.28. The normalized spacial score (nSPS) is 13.9. The maximum absolute atomic E-state index is 11.9. The molecule has 0 aliphatic carbocycles. The van der Waals surface area contributed by atoms with Crippen molar-refractivity contribution in [3.63, 3.8) is 0 Å². The number of carbonyl (C=O) groups is 1. The highest BCUT2D eigenvalue weighted by Crippen LogP contribution is 2.21. The molecule has 2 N–H and O–H groups in total. The van der Waals surface area contributed by atoms with Crippen molar-refractivity contribution < 1.29 is 9.90 Å². The zero-order valence-corrected chi connectivity index (χ0v) is 12.9. The highest BCUT2D eigenvalue weighted by molar-refractivity contribution is 8.00. The summed E-state index contributed by atoms with van der Waals surface area (Å²) in [4.78, 5) is 12.9. The predicted molar refractivity (Wildman–Crippen MR) is 80.7 cm³/mol. The van der Waals surface area contributed by atoms with Crippen LogP contribution in [0.3, 0.4) is 0 Å². The van der Waals surface area contributed by atoms with E-state index in [4.69, 9.17) is 16.7 Å². The van der Waals surface area contributed by atoms with Crippen LogP contribution in [0.1, 0.15) is 26.7 Å². The van der Waals surface area contributed by atoms with Gasteiger partial charge in [0.15, 0.2) is 0 Å². The second-order valence-electron chi connectivity index (χ2n) is 4.68. The molecule has 3 nitrogen and oxygen atoms in total. The van der Waals surface area contributed by atoms with E-state index in [0.717, 1.165) is 11.3 Å². The van der Waals surface area contributed by atoms with Crippen molar-refractivity contribution >= 4 is 29.3 Å². The number of hydrogen-bond donors (Lipinski definition) is 2. The van der Waals surface area contributed by atoms with E-state index in [2.05, 4.69) is 5.32 Å². The number of benzene rings is 1. The van der Waals surface area contributed by atoms with Crippen molar-refractivity contribution in [1.29, 1.82) is 0 Å². The van der Waals surface area contributed by atoms with E-state index in [1.54, 1.807) is 0 Å². The molecule has 1 aromatic rings. The Bertz CT molecular complexity index is 410. The van der Waals surface area contributed by atoms with Crippen LogP contribution >= 0.6 is 23.4 Å². The Hall–Kier alpha value is -0.710. The van der Waals surface area contributed by atoms with Crippen LogP contribution < -0.4 is 5.32 Å². The number of amides is 1. The Labute approximate surface area is 123 Å². The second kappa shape index (κ2) is 7.78. The van der Waals surface area contributed by atoms with Crippen molar-refractivity contribution in [3.8, 4) is 0 Å². The number of thioether (sulfide) groups is 1. The van der Waals surface area contributed by atoms with E-state index in [-0.39, 0.29) is 18.1 Å². The molecule has 0 heterocycles. The Balaban J connectivity index is 2.45. The molecule has 19 heavy (non-hydrogen) atoms. The minimum absolute atomic E-state index is 0.0160. The highest BCUT2D eigenvalue weighted by atomic mass is 35.5. The third kappa shape index (κ3) is 5.85. The van der Waals surface area contributed by atoms with E-state index in [1.165, 1.54) is 11.8 Å². The number of halogens is 1. The van der Waals surface area contributed by atoms with E-state index >= 15 is 0 Å². The van der Waals surface area contributed by atoms with Crippen LogP contribution in [-0.2, 0) is 4.79 Å². The van der Waals surface area contributed by atoms with Gasteiger partial charge < -0.3 is 10.4 Å². The fourth-order valence-electron chi connectivity index (χ4n) is 1.63. The SMILES string of the molecule is CCC(C)(CCO)NC(=O)CSc1ccc(Cl)cc1. The van der Waals surface area contributed by atoms with E-state index in [1.807, 2.05) is 38.1 Å². The monoisotopic (exact) mass is 301 g/mol. The molecule has 0 aliphatic heterocycles. The van der Waals surface area contributed by atoms with Gasteiger partial charge in [-0.05, 0) is 44.0 Å². The van der Waals surface area contributed by atoms with Gasteiger partial charge in [0.2, 0.25) is 5.91 Å². The highest BCUT2D eigenvalue weighted by Gasteiger charge is 2.23. The van der Waals surface area contributed by atoms with Crippen LogP contribution in [0.25, 0.3) is 0 Å². The quantitative estimate of drug-likeness (QED) is 0.761. The molecule has 0 aromatic heterocycles. The maximum atomic E-state index is 11.9. The van der Waals surface area contributed by atoms with Gasteiger partial charge in [-0.15, -0.1) is 11.8 Å². The average molecular weight is 302 g/mol. The molecular formula is C14H20ClNO2S. The Morgan fingerprint density at radius 1 is 1.42 bits per heavy atom. The molecule has 0 radical (unpaired) electrons. The summed E-state index contributed by atoms with van der Waals surface area (Å²) in [6.45, 7) is 4.03. The van der Waals surface area contributed by atoms with Crippen LogP contribution in [0.4, 0.5) is 0 Å². The molecule has 1 rings (SSSR count). The standard InChI is InChI=1S/C14H20ClNO2S/c1-3-14(2,8-9-17)16-13(18)10-19-12-6-4-11(15)5-7-12/h4-7,17H,3,8-10H2,1-2H3,(H,16,18). The smallest absolute Gasteiger partial charge is 0.230 e. The zero-order chi connectivity index (χ0) is 14.3. The zero-order valence-electron chi connectivity index (χ0n) is 11.3. The second-order valence-corrected chi connectivity index (χ2v) is 6.16. The number of nitrogens with one attached hydrogen (secondary N) is 1. The average Bonchev–Trinajstić information content (AvgIpc) is 2.38. The van der Waals surface area contributed by atoms with Crippen molar-refractivity contribution in [2.75, 3.05) is 12.4 Å². The number of rotatable bonds is 7. The van der Waals surface area contributed by atoms with Crippen molar-refractivity contribution in [1.82, 2.24) is 5.32 Å². The molecular weight excluding hydrogens is 282 g/mol. The topological polar surface area (TPSA) is 49.3 Å². The minimum Gasteiger partial charge on any atom is -0.396 e. The summed E-state index contributed by atoms with van der Waals surface area (Å²) in [5.41, 5.74) is -0.327. The van der Waals surface area contributed by atoms with Crippen molar-refractivity contribution in [3.05, 3.63) is 29.3 Å². The van der Waals surface area contributed by atoms with Crippen LogP contribution in [0.2, 0.25) is 5.02 Å². The summed E-state index contributed by atoms with van der Waals surface area (Å²) in [5.74, 6) is 0.348. The molecule has 1 aromatic carbocycles. The number of carbonyl (C=O) groups excluding carboxylic acids is 1. The van der Waals surface area contributed by atoms with Gasteiger partial charge in [-0.3, -0.25) is 4.79 Å². The van der Waals surface area contributed by atoms with Crippen molar-refractivity contribution in [2.24, 2.45) is 0 Å². The number of aliphatic hydroxyl groups excluding tert-OH is 1. The van der Waals surface area contributed by atoms with Gasteiger partial charge in [0, 0.05) is 22.1 Å². The fourth-order valence-corrected chi connectivity index (χ4v) is 2.45.